The molecule has 0 bridgehead atoms. The summed E-state index contributed by atoms with van der Waals surface area (Å²) in [6.45, 7) is -0.448. The number of ether oxygens (including phenoxy) is 5. The molecule has 0 saturated carbocycles. The number of rotatable bonds is 6. The average molecular weight is 382 g/mol. The molecule has 1 heterocycles. The summed E-state index contributed by atoms with van der Waals surface area (Å²) in [6.07, 6.45) is 0. The normalized spacial score (nSPS) is 13.9. The molecule has 1 aromatic carbocycles. The number of carbonyl (C=O) groups is 2. The van der Waals surface area contributed by atoms with Crippen LogP contribution < -0.4 is 14.4 Å². The lowest BCUT2D eigenvalue weighted by atomic mass is 10.1. The highest BCUT2D eigenvalue weighted by molar-refractivity contribution is 6.04. The van der Waals surface area contributed by atoms with Crippen LogP contribution in [0.4, 0.5) is 11.4 Å². The molecule has 0 amide bonds. The second kappa shape index (κ2) is 8.36. The molecule has 1 aliphatic heterocycles. The summed E-state index contributed by atoms with van der Waals surface area (Å²) < 4.78 is 25.0. The van der Waals surface area contributed by atoms with Gasteiger partial charge in [0, 0.05) is 6.07 Å². The van der Waals surface area contributed by atoms with Crippen molar-refractivity contribution in [2.45, 2.75) is 0 Å². The molecule has 146 valence electrons. The minimum atomic E-state index is -0.872. The molecule has 0 unspecified atom stereocenters. The van der Waals surface area contributed by atoms with Crippen LogP contribution in [0.15, 0.2) is 23.4 Å². The first-order valence-electron chi connectivity index (χ1n) is 7.55. The zero-order chi connectivity index (χ0) is 20.1. The van der Waals surface area contributed by atoms with Gasteiger partial charge in [-0.05, 0) is 0 Å². The Morgan fingerprint density at radius 1 is 1.07 bits per heavy atom. The van der Waals surface area contributed by atoms with Crippen LogP contribution in [-0.4, -0.2) is 58.6 Å². The Balaban J connectivity index is 2.75. The van der Waals surface area contributed by atoms with Gasteiger partial charge in [0.2, 0.25) is 0 Å². The highest BCUT2D eigenvalue weighted by Crippen LogP contribution is 2.41. The summed E-state index contributed by atoms with van der Waals surface area (Å²) in [4.78, 5) is 36.4. The summed E-state index contributed by atoms with van der Waals surface area (Å²) in [5.41, 5.74) is -0.770. The van der Waals surface area contributed by atoms with Gasteiger partial charge in [0.15, 0.2) is 11.5 Å². The van der Waals surface area contributed by atoms with Gasteiger partial charge in [-0.25, -0.2) is 9.59 Å². The lowest BCUT2D eigenvalue weighted by Crippen LogP contribution is -2.39. The Morgan fingerprint density at radius 2 is 1.67 bits per heavy atom. The Morgan fingerprint density at radius 3 is 2.19 bits per heavy atom. The van der Waals surface area contributed by atoms with Crippen LogP contribution in [0.1, 0.15) is 0 Å². The van der Waals surface area contributed by atoms with Crippen molar-refractivity contribution < 1.29 is 38.2 Å². The van der Waals surface area contributed by atoms with Crippen molar-refractivity contribution in [2.75, 3.05) is 46.7 Å². The van der Waals surface area contributed by atoms with Crippen LogP contribution in [-0.2, 0) is 23.8 Å². The van der Waals surface area contributed by atoms with Crippen LogP contribution >= 0.6 is 0 Å². The second-order valence-electron chi connectivity index (χ2n) is 5.17. The summed E-state index contributed by atoms with van der Waals surface area (Å²) >= 11 is 0. The maximum atomic E-state index is 12.3. The number of benzene rings is 1. The van der Waals surface area contributed by atoms with Crippen molar-refractivity contribution in [3.8, 4) is 11.5 Å². The van der Waals surface area contributed by atoms with Gasteiger partial charge in [0.05, 0.1) is 51.6 Å². The van der Waals surface area contributed by atoms with E-state index in [0.717, 1.165) is 25.2 Å². The van der Waals surface area contributed by atoms with E-state index < -0.39 is 16.9 Å². The van der Waals surface area contributed by atoms with E-state index in [1.54, 1.807) is 0 Å². The molecular weight excluding hydrogens is 364 g/mol. The third-order valence-corrected chi connectivity index (χ3v) is 3.80. The topological polar surface area (TPSA) is 127 Å². The third-order valence-electron chi connectivity index (χ3n) is 3.80. The van der Waals surface area contributed by atoms with Crippen LogP contribution in [0, 0.1) is 10.1 Å². The second-order valence-corrected chi connectivity index (χ2v) is 5.17. The summed E-state index contributed by atoms with van der Waals surface area (Å²) in [5, 5.41) is 11.6. The lowest BCUT2D eigenvalue weighted by molar-refractivity contribution is -0.384. The van der Waals surface area contributed by atoms with Crippen LogP contribution in [0.3, 0.4) is 0 Å². The first-order chi connectivity index (χ1) is 12.9. The maximum Gasteiger partial charge on any atom is 0.355 e. The van der Waals surface area contributed by atoms with Crippen molar-refractivity contribution in [3.63, 3.8) is 0 Å². The van der Waals surface area contributed by atoms with Crippen molar-refractivity contribution >= 4 is 23.3 Å². The number of carbonyl (C=O) groups excluding carboxylic acids is 2. The fraction of sp³-hybridized carbons (Fsp3) is 0.375. The van der Waals surface area contributed by atoms with Crippen LogP contribution in [0.2, 0.25) is 0 Å². The fourth-order valence-corrected chi connectivity index (χ4v) is 2.55. The highest BCUT2D eigenvalue weighted by atomic mass is 16.6. The van der Waals surface area contributed by atoms with Crippen molar-refractivity contribution in [2.24, 2.45) is 0 Å². The Kier molecular flexibility index (Phi) is 6.19. The van der Waals surface area contributed by atoms with Gasteiger partial charge in [0.25, 0.3) is 5.69 Å². The predicted octanol–water partition coefficient (Wildman–Crippen LogP) is 1.01. The molecule has 11 heteroatoms. The van der Waals surface area contributed by atoms with Crippen molar-refractivity contribution in [3.05, 3.63) is 33.5 Å². The Hall–Kier alpha value is -3.34. The van der Waals surface area contributed by atoms with Crippen molar-refractivity contribution in [1.82, 2.24) is 0 Å². The predicted molar refractivity (Wildman–Crippen MR) is 90.6 cm³/mol. The molecule has 0 radical (unpaired) electrons. The quantitative estimate of drug-likeness (QED) is 0.399. The standard InChI is InChI=1S/C16H18N2O9/c1-23-12-5-10(11(18(21)22)6-13(12)24-2)17-8-27-7-9(15(19)25-3)14(17)16(20)26-4/h5-6H,7-8H2,1-4H3. The molecule has 1 aliphatic rings. The van der Waals surface area contributed by atoms with E-state index in [-0.39, 0.29) is 47.5 Å². The van der Waals surface area contributed by atoms with Crippen LogP contribution in [0.5, 0.6) is 11.5 Å². The number of nitro groups is 1. The lowest BCUT2D eigenvalue weighted by Gasteiger charge is -2.31. The zero-order valence-electron chi connectivity index (χ0n) is 15.1. The highest BCUT2D eigenvalue weighted by Gasteiger charge is 2.36. The van der Waals surface area contributed by atoms with Gasteiger partial charge < -0.3 is 28.6 Å². The Labute approximate surface area is 154 Å². The summed E-state index contributed by atoms with van der Waals surface area (Å²) in [7, 11) is 4.96. The van der Waals surface area contributed by atoms with Gasteiger partial charge in [-0.2, -0.15) is 0 Å². The van der Waals surface area contributed by atoms with E-state index >= 15 is 0 Å². The van der Waals surface area contributed by atoms with E-state index in [0.29, 0.717) is 0 Å². The number of esters is 2. The maximum absolute atomic E-state index is 12.3. The number of nitrogens with zero attached hydrogens (tertiary/aromatic N) is 2. The molecule has 0 fully saturated rings. The molecule has 1 aromatic rings. The van der Waals surface area contributed by atoms with Crippen molar-refractivity contribution in [1.29, 1.82) is 0 Å². The number of hydrogen-bond donors (Lipinski definition) is 0. The van der Waals surface area contributed by atoms with Gasteiger partial charge >= 0.3 is 11.9 Å². The van der Waals surface area contributed by atoms with E-state index in [1.807, 2.05) is 0 Å². The third kappa shape index (κ3) is 3.77. The van der Waals surface area contributed by atoms with E-state index in [4.69, 9.17) is 18.9 Å². The number of hydrogen-bond acceptors (Lipinski definition) is 10. The molecule has 0 atom stereocenters. The first kappa shape index (κ1) is 20.0. The summed E-state index contributed by atoms with van der Waals surface area (Å²) in [5.74, 6) is -1.37. The van der Waals surface area contributed by atoms with Gasteiger partial charge in [-0.15, -0.1) is 0 Å². The number of methoxy groups -OCH3 is 4. The smallest absolute Gasteiger partial charge is 0.355 e. The van der Waals surface area contributed by atoms with Gasteiger partial charge in [0.1, 0.15) is 18.1 Å². The zero-order valence-corrected chi connectivity index (χ0v) is 15.1. The van der Waals surface area contributed by atoms with E-state index in [1.165, 1.54) is 20.3 Å². The molecule has 2 rings (SSSR count). The SMILES string of the molecule is COC(=O)C1=C(C(=O)OC)N(c2cc(OC)c(OC)cc2[N+](=O)[O-])COC1. The Bertz CT molecular complexity index is 803. The molecule has 0 N–H and O–H groups in total. The molecule has 11 nitrogen and oxygen atoms in total. The van der Waals surface area contributed by atoms with Crippen LogP contribution in [0.25, 0.3) is 0 Å². The molecule has 0 saturated heterocycles. The molecular formula is C16H18N2O9. The molecule has 0 aliphatic carbocycles. The number of nitro benzene ring substituents is 1. The summed E-state index contributed by atoms with van der Waals surface area (Å²) in [6, 6.07) is 2.46. The van der Waals surface area contributed by atoms with Gasteiger partial charge in [-0.3, -0.25) is 10.1 Å². The molecule has 0 spiro atoms. The van der Waals surface area contributed by atoms with E-state index in [2.05, 4.69) is 4.74 Å². The average Bonchev–Trinajstić information content (AvgIpc) is 2.70. The first-order valence-corrected chi connectivity index (χ1v) is 7.55. The molecule has 0 aromatic heterocycles. The monoisotopic (exact) mass is 382 g/mol. The minimum absolute atomic E-state index is 0.0425. The molecule has 27 heavy (non-hydrogen) atoms. The largest absolute Gasteiger partial charge is 0.493 e. The minimum Gasteiger partial charge on any atom is -0.493 e. The van der Waals surface area contributed by atoms with Gasteiger partial charge in [-0.1, -0.05) is 0 Å². The van der Waals surface area contributed by atoms with E-state index in [9.17, 15) is 19.7 Å². The number of anilines is 1. The fourth-order valence-electron chi connectivity index (χ4n) is 2.55.